The van der Waals surface area contributed by atoms with Crippen molar-refractivity contribution in [2.24, 2.45) is 5.73 Å². The lowest BCUT2D eigenvalue weighted by molar-refractivity contribution is -0.385. The molecule has 0 saturated carbocycles. The van der Waals surface area contributed by atoms with E-state index in [1.807, 2.05) is 19.1 Å². The van der Waals surface area contributed by atoms with Gasteiger partial charge in [0.05, 0.1) is 4.92 Å². The van der Waals surface area contributed by atoms with Gasteiger partial charge in [-0.15, -0.1) is 0 Å². The van der Waals surface area contributed by atoms with Crippen molar-refractivity contribution in [3.05, 3.63) is 62.6 Å². The van der Waals surface area contributed by atoms with Crippen molar-refractivity contribution in [1.29, 1.82) is 0 Å². The summed E-state index contributed by atoms with van der Waals surface area (Å²) < 4.78 is 6.19. The van der Waals surface area contributed by atoms with Gasteiger partial charge < -0.3 is 10.5 Å². The van der Waals surface area contributed by atoms with E-state index in [1.54, 1.807) is 24.3 Å². The summed E-state index contributed by atoms with van der Waals surface area (Å²) in [5.41, 5.74) is 6.65. The van der Waals surface area contributed by atoms with Gasteiger partial charge in [-0.1, -0.05) is 28.1 Å². The fourth-order valence-corrected chi connectivity index (χ4v) is 2.03. The van der Waals surface area contributed by atoms with Crippen LogP contribution < -0.4 is 10.5 Å². The van der Waals surface area contributed by atoms with E-state index in [2.05, 4.69) is 15.9 Å². The highest BCUT2D eigenvalue weighted by molar-refractivity contribution is 9.10. The van der Waals surface area contributed by atoms with Crippen LogP contribution in [0.2, 0.25) is 0 Å². The van der Waals surface area contributed by atoms with Crippen LogP contribution in [-0.4, -0.2) is 4.92 Å². The van der Waals surface area contributed by atoms with E-state index in [4.69, 9.17) is 10.5 Å². The summed E-state index contributed by atoms with van der Waals surface area (Å²) in [5, 5.41) is 11.0. The second-order valence-corrected chi connectivity index (χ2v) is 5.24. The Morgan fingerprint density at radius 2 is 1.90 bits per heavy atom. The summed E-state index contributed by atoms with van der Waals surface area (Å²) in [6.45, 7) is 1.88. The second kappa shape index (κ2) is 6.02. The third kappa shape index (κ3) is 3.34. The molecule has 0 radical (unpaired) electrons. The lowest BCUT2D eigenvalue weighted by Gasteiger charge is -2.09. The number of hydrogen-bond acceptors (Lipinski definition) is 4. The lowest BCUT2D eigenvalue weighted by atomic mass is 10.1. The Morgan fingerprint density at radius 3 is 2.45 bits per heavy atom. The topological polar surface area (TPSA) is 78.4 Å². The first-order valence-electron chi connectivity index (χ1n) is 5.94. The van der Waals surface area contributed by atoms with Crippen molar-refractivity contribution in [3.8, 4) is 11.5 Å². The first-order valence-corrected chi connectivity index (χ1v) is 6.74. The van der Waals surface area contributed by atoms with E-state index < -0.39 is 4.92 Å². The third-order valence-corrected chi connectivity index (χ3v) is 3.24. The molecule has 1 unspecified atom stereocenters. The third-order valence-electron chi connectivity index (χ3n) is 2.75. The van der Waals surface area contributed by atoms with E-state index in [1.165, 1.54) is 6.07 Å². The van der Waals surface area contributed by atoms with E-state index in [9.17, 15) is 10.1 Å². The Morgan fingerprint density at radius 1 is 1.25 bits per heavy atom. The highest BCUT2D eigenvalue weighted by atomic mass is 79.9. The highest BCUT2D eigenvalue weighted by Gasteiger charge is 2.16. The molecule has 1 atom stereocenters. The zero-order valence-corrected chi connectivity index (χ0v) is 12.3. The minimum absolute atomic E-state index is 0.0638. The molecular formula is C14H13BrN2O3. The van der Waals surface area contributed by atoms with Gasteiger partial charge in [-0.25, -0.2) is 0 Å². The number of nitro groups is 1. The van der Waals surface area contributed by atoms with Crippen LogP contribution in [0, 0.1) is 10.1 Å². The maximum atomic E-state index is 11.0. The average molecular weight is 337 g/mol. The van der Waals surface area contributed by atoms with Crippen LogP contribution in [0.5, 0.6) is 11.5 Å². The molecule has 0 aromatic heterocycles. The van der Waals surface area contributed by atoms with Crippen LogP contribution in [0.15, 0.2) is 46.9 Å². The molecule has 20 heavy (non-hydrogen) atoms. The smallest absolute Gasteiger partial charge is 0.312 e. The molecular weight excluding hydrogens is 324 g/mol. The van der Waals surface area contributed by atoms with Gasteiger partial charge in [-0.3, -0.25) is 10.1 Å². The fourth-order valence-electron chi connectivity index (χ4n) is 1.69. The van der Waals surface area contributed by atoms with Gasteiger partial charge in [-0.05, 0) is 36.8 Å². The molecule has 0 aliphatic rings. The number of ether oxygens (including phenoxy) is 1. The maximum absolute atomic E-state index is 11.0. The SMILES string of the molecule is CC(N)c1ccc(Oc2ccc(Br)cc2[N+](=O)[O-])cc1. The molecule has 0 amide bonds. The highest BCUT2D eigenvalue weighted by Crippen LogP contribution is 2.33. The molecule has 104 valence electrons. The van der Waals surface area contributed by atoms with Gasteiger partial charge in [0.2, 0.25) is 5.75 Å². The van der Waals surface area contributed by atoms with Crippen molar-refractivity contribution in [2.75, 3.05) is 0 Å². The summed E-state index contributed by atoms with van der Waals surface area (Å²) >= 11 is 3.20. The first kappa shape index (κ1) is 14.5. The van der Waals surface area contributed by atoms with Gasteiger partial charge >= 0.3 is 5.69 Å². The van der Waals surface area contributed by atoms with Crippen LogP contribution in [0.25, 0.3) is 0 Å². The standard InChI is InChI=1S/C14H13BrN2O3/c1-9(16)10-2-5-12(6-3-10)20-14-7-4-11(15)8-13(14)17(18)19/h2-9H,16H2,1H3. The molecule has 2 aromatic carbocycles. The van der Waals surface area contributed by atoms with Crippen molar-refractivity contribution in [1.82, 2.24) is 0 Å². The molecule has 0 aliphatic carbocycles. The number of hydrogen-bond donors (Lipinski definition) is 1. The predicted molar refractivity (Wildman–Crippen MR) is 79.9 cm³/mol. The van der Waals surface area contributed by atoms with E-state index in [-0.39, 0.29) is 17.5 Å². The molecule has 2 N–H and O–H groups in total. The van der Waals surface area contributed by atoms with E-state index in [0.717, 1.165) is 5.56 Å². The zero-order valence-electron chi connectivity index (χ0n) is 10.7. The van der Waals surface area contributed by atoms with Gasteiger partial charge in [0, 0.05) is 16.6 Å². The minimum Gasteiger partial charge on any atom is -0.450 e. The number of nitrogens with zero attached hydrogens (tertiary/aromatic N) is 1. The van der Waals surface area contributed by atoms with Crippen molar-refractivity contribution in [2.45, 2.75) is 13.0 Å². The summed E-state index contributed by atoms with van der Waals surface area (Å²) in [5.74, 6) is 0.728. The monoisotopic (exact) mass is 336 g/mol. The van der Waals surface area contributed by atoms with Gasteiger partial charge in [0.15, 0.2) is 0 Å². The summed E-state index contributed by atoms with van der Waals surface area (Å²) in [6, 6.07) is 11.8. The number of benzene rings is 2. The summed E-state index contributed by atoms with van der Waals surface area (Å²) in [4.78, 5) is 10.5. The Labute approximate surface area is 124 Å². The zero-order chi connectivity index (χ0) is 14.7. The molecule has 0 bridgehead atoms. The quantitative estimate of drug-likeness (QED) is 0.671. The molecule has 0 aliphatic heterocycles. The molecule has 0 heterocycles. The molecule has 6 heteroatoms. The van der Waals surface area contributed by atoms with Crippen LogP contribution in [0.1, 0.15) is 18.5 Å². The van der Waals surface area contributed by atoms with Crippen LogP contribution in [-0.2, 0) is 0 Å². The Hall–Kier alpha value is -1.92. The average Bonchev–Trinajstić information content (AvgIpc) is 2.41. The normalized spacial score (nSPS) is 11.9. The molecule has 0 fully saturated rings. The van der Waals surface area contributed by atoms with Crippen LogP contribution in [0.4, 0.5) is 5.69 Å². The molecule has 0 spiro atoms. The van der Waals surface area contributed by atoms with Crippen molar-refractivity contribution >= 4 is 21.6 Å². The Kier molecular flexibility index (Phi) is 4.36. The lowest BCUT2D eigenvalue weighted by Crippen LogP contribution is -2.04. The molecule has 5 nitrogen and oxygen atoms in total. The largest absolute Gasteiger partial charge is 0.450 e. The molecule has 2 aromatic rings. The summed E-state index contributed by atoms with van der Waals surface area (Å²) in [6.07, 6.45) is 0. The van der Waals surface area contributed by atoms with Gasteiger partial charge in [-0.2, -0.15) is 0 Å². The number of rotatable bonds is 4. The van der Waals surface area contributed by atoms with Crippen molar-refractivity contribution in [3.63, 3.8) is 0 Å². The first-order chi connectivity index (χ1) is 9.47. The van der Waals surface area contributed by atoms with E-state index >= 15 is 0 Å². The van der Waals surface area contributed by atoms with Gasteiger partial charge in [0.25, 0.3) is 0 Å². The van der Waals surface area contributed by atoms with Crippen LogP contribution in [0.3, 0.4) is 0 Å². The minimum atomic E-state index is -0.476. The van der Waals surface area contributed by atoms with E-state index in [0.29, 0.717) is 10.2 Å². The predicted octanol–water partition coefficient (Wildman–Crippen LogP) is 4.17. The number of nitrogens with two attached hydrogens (primary N) is 1. The summed E-state index contributed by atoms with van der Waals surface area (Å²) in [7, 11) is 0. The Balaban J connectivity index is 2.28. The van der Waals surface area contributed by atoms with Crippen LogP contribution >= 0.6 is 15.9 Å². The Bertz CT molecular complexity index is 627. The number of nitro benzene ring substituents is 1. The maximum Gasteiger partial charge on any atom is 0.312 e. The van der Waals surface area contributed by atoms with Crippen molar-refractivity contribution < 1.29 is 9.66 Å². The van der Waals surface area contributed by atoms with Gasteiger partial charge in [0.1, 0.15) is 5.75 Å². The second-order valence-electron chi connectivity index (χ2n) is 4.33. The molecule has 0 saturated heterocycles. The number of halogens is 1. The molecule has 2 rings (SSSR count). The fraction of sp³-hybridized carbons (Fsp3) is 0.143.